The van der Waals surface area contributed by atoms with Crippen LogP contribution >= 0.6 is 11.6 Å². The molecule has 0 spiro atoms. The summed E-state index contributed by atoms with van der Waals surface area (Å²) in [4.78, 5) is 29.5. The molecule has 1 aliphatic carbocycles. The zero-order chi connectivity index (χ0) is 29.5. The van der Waals surface area contributed by atoms with Crippen molar-refractivity contribution in [3.05, 3.63) is 101 Å². The number of halogens is 1. The van der Waals surface area contributed by atoms with Crippen LogP contribution in [0.4, 0.5) is 0 Å². The van der Waals surface area contributed by atoms with Crippen LogP contribution in [0.15, 0.2) is 83.8 Å². The highest BCUT2D eigenvalue weighted by Gasteiger charge is 2.32. The molecule has 2 atom stereocenters. The molecule has 2 amide bonds. The van der Waals surface area contributed by atoms with Crippen LogP contribution in [0.3, 0.4) is 0 Å². The Morgan fingerprint density at radius 1 is 0.929 bits per heavy atom. The predicted octanol–water partition coefficient (Wildman–Crippen LogP) is 4.78. The van der Waals surface area contributed by atoms with Crippen LogP contribution < -0.4 is 10.0 Å². The number of carbonyl (C=O) groups is 2. The maximum Gasteiger partial charge on any atom is 0.247 e. The first-order chi connectivity index (χ1) is 20.3. The van der Waals surface area contributed by atoms with Gasteiger partial charge in [0.2, 0.25) is 21.8 Å². The molecule has 10 heteroatoms. The first kappa shape index (κ1) is 30.2. The Balaban J connectivity index is 1.35. The molecule has 2 N–H and O–H groups in total. The van der Waals surface area contributed by atoms with Gasteiger partial charge in [-0.3, -0.25) is 9.59 Å². The summed E-state index contributed by atoms with van der Waals surface area (Å²) in [6.45, 7) is 1.29. The van der Waals surface area contributed by atoms with E-state index in [2.05, 4.69) is 10.0 Å². The van der Waals surface area contributed by atoms with Crippen LogP contribution in [0.2, 0.25) is 5.02 Å². The second kappa shape index (κ2) is 13.8. The molecule has 0 bridgehead atoms. The predicted molar refractivity (Wildman–Crippen MR) is 161 cm³/mol. The van der Waals surface area contributed by atoms with Crippen molar-refractivity contribution in [1.82, 2.24) is 14.9 Å². The molecule has 5 rings (SSSR count). The second-order valence-electron chi connectivity index (χ2n) is 10.9. The number of nitrogens with zero attached hydrogens (tertiary/aromatic N) is 1. The third-order valence-electron chi connectivity index (χ3n) is 7.55. The molecule has 2 fully saturated rings. The van der Waals surface area contributed by atoms with Crippen LogP contribution in [-0.2, 0) is 37.3 Å². The van der Waals surface area contributed by atoms with Crippen LogP contribution in [0.1, 0.15) is 54.8 Å². The minimum absolute atomic E-state index is 0.0272. The van der Waals surface area contributed by atoms with Gasteiger partial charge in [-0.15, -0.1) is 0 Å². The van der Waals surface area contributed by atoms with E-state index in [9.17, 15) is 18.0 Å². The van der Waals surface area contributed by atoms with Gasteiger partial charge >= 0.3 is 0 Å². The van der Waals surface area contributed by atoms with E-state index in [1.165, 1.54) is 0 Å². The number of hydrogen-bond acceptors (Lipinski definition) is 5. The van der Waals surface area contributed by atoms with Crippen LogP contribution in [-0.4, -0.2) is 50.4 Å². The molecule has 1 saturated carbocycles. The van der Waals surface area contributed by atoms with E-state index in [4.69, 9.17) is 16.3 Å². The second-order valence-corrected chi connectivity index (χ2v) is 13.0. The van der Waals surface area contributed by atoms with E-state index < -0.39 is 16.1 Å². The molecule has 0 unspecified atom stereocenters. The fourth-order valence-corrected chi connectivity index (χ4v) is 6.48. The van der Waals surface area contributed by atoms with E-state index in [1.807, 2.05) is 42.5 Å². The molecule has 1 heterocycles. The van der Waals surface area contributed by atoms with Crippen molar-refractivity contribution in [3.8, 4) is 0 Å². The van der Waals surface area contributed by atoms with Crippen molar-refractivity contribution in [2.75, 3.05) is 13.2 Å². The Hall–Kier alpha value is -3.24. The van der Waals surface area contributed by atoms with Gasteiger partial charge in [0.05, 0.1) is 11.0 Å². The molecule has 42 heavy (non-hydrogen) atoms. The maximum atomic E-state index is 13.9. The van der Waals surface area contributed by atoms with Crippen LogP contribution in [0.5, 0.6) is 0 Å². The first-order valence-electron chi connectivity index (χ1n) is 14.4. The summed E-state index contributed by atoms with van der Waals surface area (Å²) in [5, 5.41) is 3.61. The molecular weight excluding hydrogens is 574 g/mol. The van der Waals surface area contributed by atoms with Gasteiger partial charge in [0.15, 0.2) is 0 Å². The Bertz CT molecular complexity index is 1460. The molecular formula is C32H36ClN3O5S. The largest absolute Gasteiger partial charge is 0.376 e. The van der Waals surface area contributed by atoms with Gasteiger partial charge in [-0.05, 0) is 73.1 Å². The topological polar surface area (TPSA) is 105 Å². The van der Waals surface area contributed by atoms with Gasteiger partial charge < -0.3 is 15.0 Å². The normalized spacial score (nSPS) is 17.5. The van der Waals surface area contributed by atoms with Crippen LogP contribution in [0, 0.1) is 0 Å². The van der Waals surface area contributed by atoms with Crippen molar-refractivity contribution in [3.63, 3.8) is 0 Å². The highest BCUT2D eigenvalue weighted by atomic mass is 35.5. The summed E-state index contributed by atoms with van der Waals surface area (Å²) in [6, 6.07) is 22.3. The van der Waals surface area contributed by atoms with E-state index in [0.717, 1.165) is 36.8 Å². The molecule has 8 nitrogen and oxygen atoms in total. The molecule has 0 radical (unpaired) electrons. The lowest BCUT2D eigenvalue weighted by Gasteiger charge is -2.32. The quantitative estimate of drug-likeness (QED) is 0.290. The summed E-state index contributed by atoms with van der Waals surface area (Å²) < 4.78 is 33.4. The Morgan fingerprint density at radius 3 is 2.26 bits per heavy atom. The standard InChI is InChI=1S/C32H36ClN3O5S/c33-26-13-8-24(9-14-26)22-36(31(25-5-2-1-3-6-25)32(38)34-21-28-7-4-20-41-28)30(37)19-12-23-10-17-29(18-11-23)42(39,40)35-27-15-16-27/h1-3,5-6,8-11,13-14,17-18,27-28,31,35H,4,7,12,15-16,19-22H2,(H,34,38)/t28-,31+/m0/s1. The Morgan fingerprint density at radius 2 is 1.62 bits per heavy atom. The number of sulfonamides is 1. The van der Waals surface area contributed by atoms with Crippen molar-refractivity contribution < 1.29 is 22.7 Å². The lowest BCUT2D eigenvalue weighted by molar-refractivity contribution is -0.141. The molecule has 0 aromatic heterocycles. The number of hydrogen-bond donors (Lipinski definition) is 2. The number of aryl methyl sites for hydroxylation is 1. The maximum absolute atomic E-state index is 13.9. The minimum Gasteiger partial charge on any atom is -0.376 e. The van der Waals surface area contributed by atoms with Gasteiger partial charge in [-0.1, -0.05) is 66.2 Å². The molecule has 2 aliphatic rings. The average molecular weight is 610 g/mol. The lowest BCUT2D eigenvalue weighted by atomic mass is 10.0. The smallest absolute Gasteiger partial charge is 0.247 e. The van der Waals surface area contributed by atoms with Gasteiger partial charge in [0.1, 0.15) is 6.04 Å². The number of amides is 2. The van der Waals surface area contributed by atoms with Crippen molar-refractivity contribution in [2.45, 2.75) is 68.2 Å². The van der Waals surface area contributed by atoms with E-state index in [0.29, 0.717) is 30.2 Å². The highest BCUT2D eigenvalue weighted by Crippen LogP contribution is 2.27. The Labute approximate surface area is 252 Å². The van der Waals surface area contributed by atoms with E-state index >= 15 is 0 Å². The van der Waals surface area contributed by atoms with Gasteiger partial charge in [-0.25, -0.2) is 13.1 Å². The van der Waals surface area contributed by atoms with Crippen molar-refractivity contribution in [2.24, 2.45) is 0 Å². The SMILES string of the molecule is O=C(NC[C@@H]1CCCO1)[C@@H](c1ccccc1)N(Cc1ccc(Cl)cc1)C(=O)CCc1ccc(S(=O)(=O)NC2CC2)cc1. The Kier molecular flexibility index (Phi) is 9.95. The number of benzene rings is 3. The zero-order valence-electron chi connectivity index (χ0n) is 23.4. The number of carbonyl (C=O) groups excluding carboxylic acids is 2. The van der Waals surface area contributed by atoms with Gasteiger partial charge in [0.25, 0.3) is 0 Å². The molecule has 3 aromatic carbocycles. The van der Waals surface area contributed by atoms with E-state index in [1.54, 1.807) is 41.3 Å². The fraction of sp³-hybridized carbons (Fsp3) is 0.375. The zero-order valence-corrected chi connectivity index (χ0v) is 24.9. The van der Waals surface area contributed by atoms with E-state index in [-0.39, 0.29) is 41.8 Å². The summed E-state index contributed by atoms with van der Waals surface area (Å²) in [5.41, 5.74) is 2.39. The van der Waals surface area contributed by atoms with Crippen molar-refractivity contribution >= 4 is 33.4 Å². The molecule has 1 aliphatic heterocycles. The number of rotatable bonds is 13. The molecule has 1 saturated heterocycles. The fourth-order valence-electron chi connectivity index (χ4n) is 5.05. The monoisotopic (exact) mass is 609 g/mol. The summed E-state index contributed by atoms with van der Waals surface area (Å²) >= 11 is 6.11. The molecule has 3 aromatic rings. The highest BCUT2D eigenvalue weighted by molar-refractivity contribution is 7.89. The third kappa shape index (κ3) is 8.19. The minimum atomic E-state index is -3.55. The average Bonchev–Trinajstić information content (AvgIpc) is 3.64. The first-order valence-corrected chi connectivity index (χ1v) is 16.2. The lowest BCUT2D eigenvalue weighted by Crippen LogP contribution is -2.45. The van der Waals surface area contributed by atoms with Crippen LogP contribution in [0.25, 0.3) is 0 Å². The number of nitrogens with one attached hydrogen (secondary N) is 2. The molecule has 222 valence electrons. The summed E-state index contributed by atoms with van der Waals surface area (Å²) in [7, 11) is -3.55. The summed E-state index contributed by atoms with van der Waals surface area (Å²) in [5.74, 6) is -0.463. The van der Waals surface area contributed by atoms with Gasteiger partial charge in [-0.2, -0.15) is 0 Å². The number of ether oxygens (including phenoxy) is 1. The van der Waals surface area contributed by atoms with Crippen molar-refractivity contribution in [1.29, 1.82) is 0 Å². The van der Waals surface area contributed by atoms with Gasteiger partial charge in [0, 0.05) is 37.2 Å². The summed E-state index contributed by atoms with van der Waals surface area (Å²) in [6.07, 6.45) is 4.09. The third-order valence-corrected chi connectivity index (χ3v) is 9.34.